The first kappa shape index (κ1) is 24.9. The smallest absolute Gasteiger partial charge is 0.193 e. The fraction of sp³-hybridized carbons (Fsp3) is 0.900. The minimum absolute atomic E-state index is 0.241. The Hall–Kier alpha value is -0.126. The van der Waals surface area contributed by atoms with Gasteiger partial charge in [-0.15, -0.1) is 0 Å². The van der Waals surface area contributed by atoms with Crippen LogP contribution in [0.5, 0.6) is 0 Å². The minimum Gasteiger partial charge on any atom is -0.417 e. The van der Waals surface area contributed by atoms with Crippen molar-refractivity contribution >= 4 is 16.6 Å². The highest BCUT2D eigenvalue weighted by molar-refractivity contribution is 6.74. The molecule has 5 heteroatoms. The van der Waals surface area contributed by atoms with Gasteiger partial charge in [0, 0.05) is 13.0 Å². The van der Waals surface area contributed by atoms with E-state index in [0.29, 0.717) is 13.0 Å². The van der Waals surface area contributed by atoms with Gasteiger partial charge in [0.1, 0.15) is 0 Å². The minimum atomic E-state index is -1.66. The first-order chi connectivity index (χ1) is 11.5. The Morgan fingerprint density at radius 3 is 2.00 bits per heavy atom. The number of hydrogen-bond donors (Lipinski definition) is 1. The average Bonchev–Trinajstić information content (AvgIpc) is 2.54. The molecule has 0 saturated carbocycles. The van der Waals surface area contributed by atoms with E-state index >= 15 is 0 Å². The molecule has 0 aromatic heterocycles. The van der Waals surface area contributed by atoms with Gasteiger partial charge < -0.3 is 14.0 Å². The van der Waals surface area contributed by atoms with Crippen LogP contribution in [-0.4, -0.2) is 41.1 Å². The number of aliphatic hydroxyl groups is 1. The molecule has 0 aromatic rings. The van der Waals surface area contributed by atoms with Gasteiger partial charge in [0.2, 0.25) is 0 Å². The summed E-state index contributed by atoms with van der Waals surface area (Å²) in [4.78, 5) is 0. The third-order valence-electron chi connectivity index (χ3n) is 5.80. The van der Waals surface area contributed by atoms with Crippen LogP contribution in [0, 0.1) is 11.8 Å². The molecule has 0 unspecified atom stereocenters. The van der Waals surface area contributed by atoms with Gasteiger partial charge in [-0.25, -0.2) is 0 Å². The van der Waals surface area contributed by atoms with E-state index in [1.165, 1.54) is 0 Å². The largest absolute Gasteiger partial charge is 0.417 e. The summed E-state index contributed by atoms with van der Waals surface area (Å²) >= 11 is 0. The maximum Gasteiger partial charge on any atom is 0.193 e. The third-order valence-corrected chi connectivity index (χ3v) is 15.0. The summed E-state index contributed by atoms with van der Waals surface area (Å²) in [7, 11) is -3.20. The van der Waals surface area contributed by atoms with E-state index in [2.05, 4.69) is 66.5 Å². The van der Waals surface area contributed by atoms with Crippen molar-refractivity contribution in [3.05, 3.63) is 0 Å². The summed E-state index contributed by atoms with van der Waals surface area (Å²) in [6.45, 7) is 19.2. The van der Waals surface area contributed by atoms with E-state index in [9.17, 15) is 5.11 Å². The van der Waals surface area contributed by atoms with Gasteiger partial charge in [-0.1, -0.05) is 53.4 Å². The monoisotopic (exact) mass is 386 g/mol. The van der Waals surface area contributed by atoms with Crippen molar-refractivity contribution in [3.8, 4) is 11.8 Å². The maximum absolute atomic E-state index is 10.1. The summed E-state index contributed by atoms with van der Waals surface area (Å²) < 4.78 is 12.2. The molecule has 0 aromatic carbocycles. The summed E-state index contributed by atoms with van der Waals surface area (Å²) in [5, 5.41) is 10.3. The third kappa shape index (κ3) is 9.39. The lowest BCUT2D eigenvalue weighted by molar-refractivity contribution is 0.155. The molecule has 1 atom stereocenters. The summed E-state index contributed by atoms with van der Waals surface area (Å²) in [5.41, 5.74) is 0. The second kappa shape index (κ2) is 11.6. The molecule has 0 aliphatic carbocycles. The molecule has 0 radical (unpaired) electrons. The highest BCUT2D eigenvalue weighted by Crippen LogP contribution is 2.36. The van der Waals surface area contributed by atoms with Gasteiger partial charge in [-0.3, -0.25) is 0 Å². The summed E-state index contributed by atoms with van der Waals surface area (Å²) in [5.74, 6) is 6.16. The lowest BCUT2D eigenvalue weighted by Gasteiger charge is -2.36. The molecular formula is C20H42O3Si2. The van der Waals surface area contributed by atoms with E-state index in [-0.39, 0.29) is 11.1 Å². The molecule has 0 rings (SSSR count). The molecule has 3 nitrogen and oxygen atoms in total. The molecule has 0 bridgehead atoms. The van der Waals surface area contributed by atoms with Crippen molar-refractivity contribution in [2.75, 3.05) is 13.2 Å². The molecule has 1 N–H and O–H groups in total. The predicted octanol–water partition coefficient (Wildman–Crippen LogP) is 5.56. The maximum atomic E-state index is 10.1. The zero-order valence-corrected chi connectivity index (χ0v) is 20.0. The molecule has 0 heterocycles. The normalized spacial score (nSPS) is 14.1. The number of rotatable bonds is 11. The second-order valence-corrected chi connectivity index (χ2v) is 18.1. The van der Waals surface area contributed by atoms with Crippen LogP contribution in [0.3, 0.4) is 0 Å². The van der Waals surface area contributed by atoms with Gasteiger partial charge in [0.05, 0.1) is 12.7 Å². The highest BCUT2D eigenvalue weighted by atomic mass is 28.4. The molecular weight excluding hydrogens is 344 g/mol. The lowest BCUT2D eigenvalue weighted by atomic mass is 10.1. The van der Waals surface area contributed by atoms with E-state index in [4.69, 9.17) is 8.85 Å². The van der Waals surface area contributed by atoms with Crippen LogP contribution in [0.25, 0.3) is 0 Å². The topological polar surface area (TPSA) is 38.7 Å². The van der Waals surface area contributed by atoms with Crippen molar-refractivity contribution < 1.29 is 14.0 Å². The zero-order valence-electron chi connectivity index (χ0n) is 18.0. The first-order valence-electron chi connectivity index (χ1n) is 9.95. The second-order valence-electron chi connectivity index (χ2n) is 8.49. The van der Waals surface area contributed by atoms with Crippen LogP contribution >= 0.6 is 0 Å². The summed E-state index contributed by atoms with van der Waals surface area (Å²) in [6, 6.07) is 3.45. The standard InChI is InChI=1S/C20H42O3Si2/c1-9-25(10-2,11-3)23-17-13-12-15-19(21)16-14-18-22-24(7,8)20(4,5)6/h19,21H,9-11,14-18H2,1-8H3/t19-/m0/s1. The van der Waals surface area contributed by atoms with Crippen LogP contribution in [0.1, 0.15) is 60.8 Å². The molecule has 0 aliphatic heterocycles. The Kier molecular flexibility index (Phi) is 11.5. The fourth-order valence-corrected chi connectivity index (χ4v) is 6.03. The Balaban J connectivity index is 4.02. The van der Waals surface area contributed by atoms with E-state index < -0.39 is 16.6 Å². The van der Waals surface area contributed by atoms with Crippen molar-refractivity contribution in [2.45, 2.75) is 103 Å². The Bertz CT molecular complexity index is 407. The van der Waals surface area contributed by atoms with Gasteiger partial charge in [-0.2, -0.15) is 0 Å². The predicted molar refractivity (Wildman–Crippen MR) is 114 cm³/mol. The quantitative estimate of drug-likeness (QED) is 0.287. The van der Waals surface area contributed by atoms with Gasteiger partial charge in [0.25, 0.3) is 0 Å². The molecule has 148 valence electrons. The van der Waals surface area contributed by atoms with Gasteiger partial charge >= 0.3 is 0 Å². The van der Waals surface area contributed by atoms with E-state index in [1.54, 1.807) is 0 Å². The Morgan fingerprint density at radius 1 is 0.960 bits per heavy atom. The highest BCUT2D eigenvalue weighted by Gasteiger charge is 2.36. The van der Waals surface area contributed by atoms with Crippen molar-refractivity contribution in [1.29, 1.82) is 0 Å². The SMILES string of the molecule is CC[Si](CC)(CC)OCC#CC[C@H](O)CCCO[Si](C)(C)C(C)(C)C. The van der Waals surface area contributed by atoms with Gasteiger partial charge in [0.15, 0.2) is 16.6 Å². The van der Waals surface area contributed by atoms with Crippen LogP contribution in [0.2, 0.25) is 36.3 Å². The lowest BCUT2D eigenvalue weighted by Crippen LogP contribution is -2.41. The van der Waals surface area contributed by atoms with Crippen molar-refractivity contribution in [2.24, 2.45) is 0 Å². The average molecular weight is 387 g/mol. The molecule has 0 aliphatic rings. The van der Waals surface area contributed by atoms with Gasteiger partial charge in [-0.05, 0) is 49.1 Å². The van der Waals surface area contributed by atoms with Crippen LogP contribution in [0.4, 0.5) is 0 Å². The number of aliphatic hydroxyl groups excluding tert-OH is 1. The van der Waals surface area contributed by atoms with Crippen molar-refractivity contribution in [1.82, 2.24) is 0 Å². The Morgan fingerprint density at radius 2 is 1.52 bits per heavy atom. The van der Waals surface area contributed by atoms with Crippen molar-refractivity contribution in [3.63, 3.8) is 0 Å². The fourth-order valence-electron chi connectivity index (χ4n) is 2.45. The van der Waals surface area contributed by atoms with Crippen LogP contribution in [-0.2, 0) is 8.85 Å². The first-order valence-corrected chi connectivity index (χ1v) is 15.4. The van der Waals surface area contributed by atoms with E-state index in [0.717, 1.165) is 37.6 Å². The summed E-state index contributed by atoms with van der Waals surface area (Å²) in [6.07, 6.45) is 1.81. The molecule has 25 heavy (non-hydrogen) atoms. The Labute approximate surface area is 159 Å². The number of hydrogen-bond acceptors (Lipinski definition) is 3. The molecule has 0 amide bonds. The van der Waals surface area contributed by atoms with Crippen LogP contribution in [0.15, 0.2) is 0 Å². The van der Waals surface area contributed by atoms with E-state index in [1.807, 2.05) is 0 Å². The molecule has 0 fully saturated rings. The molecule has 0 spiro atoms. The zero-order chi connectivity index (χ0) is 19.6. The van der Waals surface area contributed by atoms with Crippen LogP contribution < -0.4 is 0 Å². The molecule has 0 saturated heterocycles.